The van der Waals surface area contributed by atoms with Gasteiger partial charge in [-0.2, -0.15) is 13.2 Å². The van der Waals surface area contributed by atoms with Crippen molar-refractivity contribution in [3.8, 4) is 0 Å². The van der Waals surface area contributed by atoms with Gasteiger partial charge in [-0.15, -0.1) is 0 Å². The number of halogens is 3. The third-order valence-corrected chi connectivity index (χ3v) is 1.90. The van der Waals surface area contributed by atoms with E-state index < -0.39 is 17.8 Å². The van der Waals surface area contributed by atoms with Gasteiger partial charge in [-0.1, -0.05) is 12.1 Å². The fourth-order valence-electron chi connectivity index (χ4n) is 1.17. The van der Waals surface area contributed by atoms with Gasteiger partial charge < -0.3 is 5.32 Å². The molecular weight excluding hydrogens is 237 g/mol. The Labute approximate surface area is 95.7 Å². The van der Waals surface area contributed by atoms with Crippen molar-refractivity contribution in [2.24, 2.45) is 0 Å². The summed E-state index contributed by atoms with van der Waals surface area (Å²) < 4.78 is 37.1. The molecule has 0 aliphatic rings. The first kappa shape index (κ1) is 13.3. The van der Waals surface area contributed by atoms with Crippen molar-refractivity contribution in [3.63, 3.8) is 0 Å². The summed E-state index contributed by atoms with van der Waals surface area (Å²) in [4.78, 5) is 15.3. The molecule has 94 valence electrons. The molecule has 0 saturated carbocycles. The Morgan fingerprint density at radius 2 is 2.12 bits per heavy atom. The van der Waals surface area contributed by atoms with Crippen LogP contribution in [0.25, 0.3) is 0 Å². The molecule has 0 heterocycles. The molecular formula is C10H11F3N2O2. The lowest BCUT2D eigenvalue weighted by Gasteiger charge is -2.09. The lowest BCUT2D eigenvalue weighted by atomic mass is 10.1. The maximum Gasteiger partial charge on any atom is 0.416 e. The van der Waals surface area contributed by atoms with Gasteiger partial charge in [0.2, 0.25) is 0 Å². The zero-order valence-corrected chi connectivity index (χ0v) is 8.97. The molecule has 0 aliphatic heterocycles. The molecule has 7 heteroatoms. The smallest absolute Gasteiger partial charge is 0.332 e. The summed E-state index contributed by atoms with van der Waals surface area (Å²) in [6, 6.07) is 4.10. The molecule has 2 amide bonds. The number of rotatable bonds is 3. The molecule has 1 rings (SSSR count). The second-order valence-electron chi connectivity index (χ2n) is 3.19. The van der Waals surface area contributed by atoms with Crippen LogP contribution in [0.3, 0.4) is 0 Å². The van der Waals surface area contributed by atoms with Crippen LogP contribution in [-0.2, 0) is 17.6 Å². The molecule has 0 aromatic heterocycles. The summed E-state index contributed by atoms with van der Waals surface area (Å²) in [5.41, 5.74) is 1.59. The molecule has 0 unspecified atom stereocenters. The van der Waals surface area contributed by atoms with Gasteiger partial charge in [-0.3, -0.25) is 4.84 Å². The second kappa shape index (κ2) is 5.53. The monoisotopic (exact) mass is 248 g/mol. The second-order valence-corrected chi connectivity index (χ2v) is 3.19. The van der Waals surface area contributed by atoms with Crippen LogP contribution in [0.1, 0.15) is 11.1 Å². The first-order valence-electron chi connectivity index (χ1n) is 4.66. The van der Waals surface area contributed by atoms with Gasteiger partial charge >= 0.3 is 12.2 Å². The van der Waals surface area contributed by atoms with Gasteiger partial charge in [0.15, 0.2) is 0 Å². The minimum Gasteiger partial charge on any atom is -0.332 e. The van der Waals surface area contributed by atoms with Crippen molar-refractivity contribution in [2.45, 2.75) is 12.7 Å². The molecule has 0 saturated heterocycles. The van der Waals surface area contributed by atoms with Crippen molar-refractivity contribution in [1.82, 2.24) is 10.8 Å². The van der Waals surface area contributed by atoms with E-state index in [1.165, 1.54) is 19.2 Å². The third kappa shape index (κ3) is 4.31. The number of hydrogen-bond acceptors (Lipinski definition) is 2. The van der Waals surface area contributed by atoms with Crippen LogP contribution < -0.4 is 10.8 Å². The van der Waals surface area contributed by atoms with Crippen molar-refractivity contribution >= 4 is 6.03 Å². The van der Waals surface area contributed by atoms with E-state index in [4.69, 9.17) is 0 Å². The average Bonchev–Trinajstić information content (AvgIpc) is 2.26. The highest BCUT2D eigenvalue weighted by Gasteiger charge is 2.30. The van der Waals surface area contributed by atoms with E-state index in [-0.39, 0.29) is 6.54 Å². The summed E-state index contributed by atoms with van der Waals surface area (Å²) in [5.74, 6) is 0. The quantitative estimate of drug-likeness (QED) is 0.804. The standard InChI is InChI=1S/C10H11F3N2O2/c1-17-15-9(16)14-6-7-3-2-4-8(5-7)10(11,12)13/h2-5H,6H2,1H3,(H2,14,15,16). The van der Waals surface area contributed by atoms with Crippen LogP contribution in [-0.4, -0.2) is 13.1 Å². The van der Waals surface area contributed by atoms with E-state index in [1.807, 2.05) is 5.48 Å². The van der Waals surface area contributed by atoms with E-state index in [9.17, 15) is 18.0 Å². The summed E-state index contributed by atoms with van der Waals surface area (Å²) >= 11 is 0. The molecule has 0 spiro atoms. The molecule has 0 atom stereocenters. The predicted molar refractivity (Wildman–Crippen MR) is 53.8 cm³/mol. The van der Waals surface area contributed by atoms with E-state index in [0.717, 1.165) is 12.1 Å². The van der Waals surface area contributed by atoms with Gasteiger partial charge in [0.1, 0.15) is 0 Å². The van der Waals surface area contributed by atoms with Crippen molar-refractivity contribution < 1.29 is 22.8 Å². The topological polar surface area (TPSA) is 50.4 Å². The van der Waals surface area contributed by atoms with Crippen LogP contribution in [0.15, 0.2) is 24.3 Å². The van der Waals surface area contributed by atoms with Crippen molar-refractivity contribution in [3.05, 3.63) is 35.4 Å². The molecule has 0 aliphatic carbocycles. The Morgan fingerprint density at radius 3 is 2.71 bits per heavy atom. The number of alkyl halides is 3. The summed E-state index contributed by atoms with van der Waals surface area (Å²) in [6.45, 7) is -0.0148. The van der Waals surface area contributed by atoms with Gasteiger partial charge in [0.05, 0.1) is 12.7 Å². The number of amides is 2. The first-order chi connectivity index (χ1) is 7.93. The van der Waals surface area contributed by atoms with Crippen LogP contribution in [0.4, 0.5) is 18.0 Å². The Balaban J connectivity index is 2.64. The molecule has 17 heavy (non-hydrogen) atoms. The fraction of sp³-hybridized carbons (Fsp3) is 0.300. The minimum absolute atomic E-state index is 0.0148. The first-order valence-corrected chi connectivity index (χ1v) is 4.66. The normalized spacial score (nSPS) is 11.1. The van der Waals surface area contributed by atoms with E-state index >= 15 is 0 Å². The maximum absolute atomic E-state index is 12.4. The third-order valence-electron chi connectivity index (χ3n) is 1.90. The van der Waals surface area contributed by atoms with Crippen LogP contribution in [0, 0.1) is 0 Å². The van der Waals surface area contributed by atoms with Crippen molar-refractivity contribution in [2.75, 3.05) is 7.11 Å². The Bertz CT molecular complexity index is 393. The number of carbonyl (C=O) groups excluding carboxylic acids is 1. The molecule has 0 bridgehead atoms. The van der Waals surface area contributed by atoms with Gasteiger partial charge in [-0.05, 0) is 17.7 Å². The predicted octanol–water partition coefficient (Wildman–Crippen LogP) is 2.07. The SMILES string of the molecule is CONC(=O)NCc1cccc(C(F)(F)F)c1. The molecule has 2 N–H and O–H groups in total. The molecule has 1 aromatic carbocycles. The van der Waals surface area contributed by atoms with Gasteiger partial charge in [0, 0.05) is 6.54 Å². The molecule has 4 nitrogen and oxygen atoms in total. The number of carbonyl (C=O) groups is 1. The van der Waals surface area contributed by atoms with Crippen LogP contribution >= 0.6 is 0 Å². The van der Waals surface area contributed by atoms with Crippen LogP contribution in [0.2, 0.25) is 0 Å². The Morgan fingerprint density at radius 1 is 1.41 bits per heavy atom. The number of nitrogens with one attached hydrogen (secondary N) is 2. The van der Waals surface area contributed by atoms with E-state index in [0.29, 0.717) is 5.56 Å². The summed E-state index contributed by atoms with van der Waals surface area (Å²) in [7, 11) is 1.25. The molecule has 0 fully saturated rings. The zero-order valence-electron chi connectivity index (χ0n) is 8.97. The highest BCUT2D eigenvalue weighted by molar-refractivity contribution is 5.72. The van der Waals surface area contributed by atoms with Gasteiger partial charge in [0.25, 0.3) is 0 Å². The molecule has 1 aromatic rings. The number of benzene rings is 1. The number of hydrogen-bond donors (Lipinski definition) is 2. The highest BCUT2D eigenvalue weighted by atomic mass is 19.4. The lowest BCUT2D eigenvalue weighted by Crippen LogP contribution is -2.34. The van der Waals surface area contributed by atoms with Gasteiger partial charge in [-0.25, -0.2) is 10.3 Å². The number of hydroxylamine groups is 1. The zero-order chi connectivity index (χ0) is 12.9. The fourth-order valence-corrected chi connectivity index (χ4v) is 1.17. The largest absolute Gasteiger partial charge is 0.416 e. The van der Waals surface area contributed by atoms with Crippen LogP contribution in [0.5, 0.6) is 0 Å². The minimum atomic E-state index is -4.38. The maximum atomic E-state index is 12.4. The van der Waals surface area contributed by atoms with Crippen molar-refractivity contribution in [1.29, 1.82) is 0 Å². The average molecular weight is 248 g/mol. The summed E-state index contributed by atoms with van der Waals surface area (Å²) in [5, 5.41) is 2.34. The Hall–Kier alpha value is -1.76. The summed E-state index contributed by atoms with van der Waals surface area (Å²) in [6.07, 6.45) is -4.38. The van der Waals surface area contributed by atoms with E-state index in [2.05, 4.69) is 10.2 Å². The molecule has 0 radical (unpaired) electrons. The lowest BCUT2D eigenvalue weighted by molar-refractivity contribution is -0.137. The number of urea groups is 1. The van der Waals surface area contributed by atoms with E-state index in [1.54, 1.807) is 0 Å². The Kier molecular flexibility index (Phi) is 4.33. The highest BCUT2D eigenvalue weighted by Crippen LogP contribution is 2.29.